The molecule has 0 fully saturated rings. The molecule has 72 valence electrons. The van der Waals surface area contributed by atoms with E-state index in [2.05, 4.69) is 8.93 Å². The molecule has 0 amide bonds. The molecule has 0 aliphatic carbocycles. The summed E-state index contributed by atoms with van der Waals surface area (Å²) in [5.74, 6) is -0.992. The predicted molar refractivity (Wildman–Crippen MR) is 51.5 cm³/mol. The van der Waals surface area contributed by atoms with Gasteiger partial charge in [0.05, 0.1) is 18.6 Å². The van der Waals surface area contributed by atoms with E-state index < -0.39 is 11.6 Å². The van der Waals surface area contributed by atoms with Gasteiger partial charge in [-0.2, -0.15) is 0 Å². The lowest BCUT2D eigenvalue weighted by Crippen LogP contribution is -2.28. The fourth-order valence-electron chi connectivity index (χ4n) is 0.744. The third kappa shape index (κ3) is 6.93. The average molecular weight is 212 g/mol. The summed E-state index contributed by atoms with van der Waals surface area (Å²) in [5.41, 5.74) is -1.16. The van der Waals surface area contributed by atoms with Crippen LogP contribution in [0.15, 0.2) is 0 Å². The SMILES string of the molecule is C[C@@](O)(CCOPP)CC(=O)O. The summed E-state index contributed by atoms with van der Waals surface area (Å²) in [6.07, 6.45) is 0.108. The Morgan fingerprint density at radius 3 is 2.75 bits per heavy atom. The van der Waals surface area contributed by atoms with Crippen molar-refractivity contribution >= 4 is 23.4 Å². The van der Waals surface area contributed by atoms with Crippen LogP contribution in [0.2, 0.25) is 0 Å². The van der Waals surface area contributed by atoms with E-state index in [1.807, 2.05) is 0 Å². The van der Waals surface area contributed by atoms with E-state index in [0.29, 0.717) is 21.5 Å². The molecule has 0 aliphatic heterocycles. The number of hydrogen-bond acceptors (Lipinski definition) is 3. The first-order valence-corrected chi connectivity index (χ1v) is 6.21. The molecule has 0 aromatic carbocycles. The lowest BCUT2D eigenvalue weighted by Gasteiger charge is -2.20. The third-order valence-electron chi connectivity index (χ3n) is 1.36. The van der Waals surface area contributed by atoms with Gasteiger partial charge < -0.3 is 14.7 Å². The molecule has 0 bridgehead atoms. The molecule has 0 aliphatic rings. The van der Waals surface area contributed by atoms with Gasteiger partial charge in [0.1, 0.15) is 0 Å². The van der Waals surface area contributed by atoms with E-state index in [-0.39, 0.29) is 6.42 Å². The molecule has 0 saturated heterocycles. The fourth-order valence-corrected chi connectivity index (χ4v) is 1.32. The van der Waals surface area contributed by atoms with Gasteiger partial charge in [0.2, 0.25) is 0 Å². The van der Waals surface area contributed by atoms with E-state index in [9.17, 15) is 9.90 Å². The van der Waals surface area contributed by atoms with Crippen molar-refractivity contribution in [2.75, 3.05) is 6.61 Å². The highest BCUT2D eigenvalue weighted by atomic mass is 32.0. The number of carboxylic acids is 1. The van der Waals surface area contributed by atoms with E-state index in [0.717, 1.165) is 0 Å². The van der Waals surface area contributed by atoms with Gasteiger partial charge in [-0.15, -0.1) is 0 Å². The van der Waals surface area contributed by atoms with Gasteiger partial charge in [-0.1, -0.05) is 8.93 Å². The Morgan fingerprint density at radius 2 is 2.33 bits per heavy atom. The Balaban J connectivity index is 3.63. The summed E-state index contributed by atoms with van der Waals surface area (Å²) in [7, 11) is 2.71. The molecule has 0 radical (unpaired) electrons. The zero-order valence-corrected chi connectivity index (χ0v) is 9.06. The molecule has 12 heavy (non-hydrogen) atoms. The molecule has 3 atom stereocenters. The van der Waals surface area contributed by atoms with Crippen LogP contribution in [0.4, 0.5) is 0 Å². The van der Waals surface area contributed by atoms with Crippen LogP contribution in [-0.2, 0) is 9.32 Å². The average Bonchev–Trinajstić information content (AvgIpc) is 1.84. The molecule has 2 unspecified atom stereocenters. The van der Waals surface area contributed by atoms with Gasteiger partial charge in [-0.05, 0) is 6.92 Å². The Hall–Kier alpha value is 0.250. The van der Waals surface area contributed by atoms with Crippen LogP contribution < -0.4 is 0 Å². The summed E-state index contributed by atoms with van der Waals surface area (Å²) in [4.78, 5) is 10.2. The smallest absolute Gasteiger partial charge is 0.306 e. The predicted octanol–water partition coefficient (Wildman–Crippen LogP) is 1.00. The van der Waals surface area contributed by atoms with Crippen LogP contribution in [-0.4, -0.2) is 28.4 Å². The lowest BCUT2D eigenvalue weighted by molar-refractivity contribution is -0.142. The van der Waals surface area contributed by atoms with Crippen molar-refractivity contribution in [1.29, 1.82) is 0 Å². The second kappa shape index (κ2) is 5.82. The van der Waals surface area contributed by atoms with Crippen LogP contribution in [0, 0.1) is 0 Å². The second-order valence-corrected chi connectivity index (χ2v) is 4.02. The zero-order valence-electron chi connectivity index (χ0n) is 6.91. The van der Waals surface area contributed by atoms with Crippen molar-refractivity contribution in [3.8, 4) is 0 Å². The number of hydrogen-bond donors (Lipinski definition) is 2. The molecule has 0 spiro atoms. The minimum Gasteiger partial charge on any atom is -0.481 e. The number of carboxylic acid groups (broad SMARTS) is 1. The summed E-state index contributed by atoms with van der Waals surface area (Å²) >= 11 is 0. The summed E-state index contributed by atoms with van der Waals surface area (Å²) in [6, 6.07) is 0. The van der Waals surface area contributed by atoms with Crippen molar-refractivity contribution < 1.29 is 19.5 Å². The molecule has 0 rings (SSSR count). The van der Waals surface area contributed by atoms with Crippen molar-refractivity contribution in [3.05, 3.63) is 0 Å². The van der Waals surface area contributed by atoms with Gasteiger partial charge in [0, 0.05) is 14.9 Å². The van der Waals surface area contributed by atoms with Crippen LogP contribution in [0.3, 0.4) is 0 Å². The minimum atomic E-state index is -1.16. The molecule has 0 heterocycles. The van der Waals surface area contributed by atoms with Crippen LogP contribution in [0.1, 0.15) is 19.8 Å². The summed E-state index contributed by atoms with van der Waals surface area (Å²) < 4.78 is 4.99. The maximum absolute atomic E-state index is 10.2. The number of rotatable bonds is 6. The minimum absolute atomic E-state index is 0.240. The van der Waals surface area contributed by atoms with Crippen LogP contribution >= 0.6 is 17.4 Å². The van der Waals surface area contributed by atoms with E-state index in [1.54, 1.807) is 0 Å². The quantitative estimate of drug-likeness (QED) is 0.509. The number of aliphatic hydroxyl groups is 1. The van der Waals surface area contributed by atoms with Crippen molar-refractivity contribution in [2.45, 2.75) is 25.4 Å². The molecular formula is C6H14O4P2. The summed E-state index contributed by atoms with van der Waals surface area (Å²) in [5, 5.41) is 17.8. The highest BCUT2D eigenvalue weighted by molar-refractivity contribution is 8.00. The first-order chi connectivity index (χ1) is 5.48. The molecule has 4 nitrogen and oxygen atoms in total. The Kier molecular flexibility index (Phi) is 5.94. The molecule has 0 aromatic rings. The normalized spacial score (nSPS) is 16.6. The monoisotopic (exact) mass is 212 g/mol. The molecule has 2 N–H and O–H groups in total. The maximum atomic E-state index is 10.2. The van der Waals surface area contributed by atoms with Gasteiger partial charge in [0.25, 0.3) is 0 Å². The van der Waals surface area contributed by atoms with Crippen LogP contribution in [0.5, 0.6) is 0 Å². The lowest BCUT2D eigenvalue weighted by atomic mass is 9.99. The standard InChI is InChI=1S/C6H14O4P2/c1-6(9,4-5(7)8)2-3-10-12-11/h9,12H,2-4,11H2,1H3,(H,7,8)/t6-/m1/s1. The van der Waals surface area contributed by atoms with Gasteiger partial charge in [-0.25, -0.2) is 0 Å². The van der Waals surface area contributed by atoms with Gasteiger partial charge >= 0.3 is 5.97 Å². The number of carbonyl (C=O) groups is 1. The van der Waals surface area contributed by atoms with Crippen molar-refractivity contribution in [2.24, 2.45) is 0 Å². The van der Waals surface area contributed by atoms with E-state index in [1.165, 1.54) is 6.92 Å². The molecule has 0 aromatic heterocycles. The Bertz CT molecular complexity index is 148. The summed E-state index contributed by atoms with van der Waals surface area (Å²) in [6.45, 7) is 1.89. The third-order valence-corrected chi connectivity index (χ3v) is 2.23. The fraction of sp³-hybridized carbons (Fsp3) is 0.833. The first-order valence-electron chi connectivity index (χ1n) is 3.49. The van der Waals surface area contributed by atoms with Crippen molar-refractivity contribution in [1.82, 2.24) is 0 Å². The maximum Gasteiger partial charge on any atom is 0.306 e. The molecular weight excluding hydrogens is 198 g/mol. The van der Waals surface area contributed by atoms with E-state index in [4.69, 9.17) is 9.63 Å². The van der Waals surface area contributed by atoms with Crippen LogP contribution in [0.25, 0.3) is 0 Å². The highest BCUT2D eigenvalue weighted by Gasteiger charge is 2.23. The van der Waals surface area contributed by atoms with Gasteiger partial charge in [-0.3, -0.25) is 4.79 Å². The highest BCUT2D eigenvalue weighted by Crippen LogP contribution is 2.23. The molecule has 6 heteroatoms. The first kappa shape index (κ1) is 12.2. The van der Waals surface area contributed by atoms with Gasteiger partial charge in [0.15, 0.2) is 0 Å². The Morgan fingerprint density at radius 1 is 1.75 bits per heavy atom. The number of aliphatic carboxylic acids is 1. The Labute approximate surface area is 75.7 Å². The van der Waals surface area contributed by atoms with E-state index >= 15 is 0 Å². The van der Waals surface area contributed by atoms with Crippen molar-refractivity contribution in [3.63, 3.8) is 0 Å². The zero-order chi connectivity index (χ0) is 9.61. The topological polar surface area (TPSA) is 66.8 Å². The second-order valence-electron chi connectivity index (χ2n) is 2.78. The largest absolute Gasteiger partial charge is 0.481 e. The molecule has 0 saturated carbocycles.